The van der Waals surface area contributed by atoms with Crippen LogP contribution >= 0.6 is 0 Å². The van der Waals surface area contributed by atoms with Crippen molar-refractivity contribution in [3.8, 4) is 11.8 Å². The monoisotopic (exact) mass is 355 g/mol. The molecule has 1 aliphatic heterocycles. The number of nitriles is 1. The van der Waals surface area contributed by atoms with Crippen LogP contribution in [-0.4, -0.2) is 25.8 Å². The Morgan fingerprint density at radius 3 is 2.62 bits per heavy atom. The number of aliphatic hydroxyl groups is 1. The van der Waals surface area contributed by atoms with E-state index in [9.17, 15) is 25.3 Å². The van der Waals surface area contributed by atoms with Gasteiger partial charge in [-0.2, -0.15) is 5.26 Å². The molecule has 1 aliphatic rings. The first-order valence-electron chi connectivity index (χ1n) is 7.91. The number of rotatable bonds is 2. The molecule has 0 fully saturated rings. The van der Waals surface area contributed by atoms with Crippen LogP contribution in [0.3, 0.4) is 0 Å². The topological polar surface area (TPSA) is 118 Å². The van der Waals surface area contributed by atoms with Crippen molar-refractivity contribution in [2.24, 2.45) is 0 Å². The third-order valence-electron chi connectivity index (χ3n) is 4.96. The SMILES string of the molecule is CC1(C)Oc2c(cc(C#N)cc2[N+](=O)[O-])C(n2ccccc2=O)C1(C)O. The third kappa shape index (κ3) is 2.45. The molecule has 8 heteroatoms. The normalized spacial score (nSPS) is 23.4. The minimum atomic E-state index is -1.59. The Labute approximate surface area is 149 Å². The molecule has 2 unspecified atom stereocenters. The largest absolute Gasteiger partial charge is 0.477 e. The van der Waals surface area contributed by atoms with Gasteiger partial charge in [0.2, 0.25) is 5.75 Å². The van der Waals surface area contributed by atoms with E-state index < -0.39 is 22.2 Å². The van der Waals surface area contributed by atoms with Gasteiger partial charge in [0.05, 0.1) is 22.6 Å². The molecule has 3 rings (SSSR count). The molecule has 0 radical (unpaired) electrons. The van der Waals surface area contributed by atoms with E-state index >= 15 is 0 Å². The van der Waals surface area contributed by atoms with Crippen LogP contribution in [-0.2, 0) is 0 Å². The van der Waals surface area contributed by atoms with Crippen molar-refractivity contribution in [3.63, 3.8) is 0 Å². The number of aromatic nitrogens is 1. The maximum Gasteiger partial charge on any atom is 0.312 e. The maximum atomic E-state index is 12.4. The summed E-state index contributed by atoms with van der Waals surface area (Å²) in [5.41, 5.74) is -3.33. The highest BCUT2D eigenvalue weighted by molar-refractivity contribution is 5.60. The molecule has 1 N–H and O–H groups in total. The van der Waals surface area contributed by atoms with Crippen LogP contribution in [0.25, 0.3) is 0 Å². The number of nitro benzene ring substituents is 1. The summed E-state index contributed by atoms with van der Waals surface area (Å²) in [6.07, 6.45) is 1.50. The van der Waals surface area contributed by atoms with Gasteiger partial charge in [0, 0.05) is 23.9 Å². The highest BCUT2D eigenvalue weighted by Crippen LogP contribution is 2.51. The Hall–Kier alpha value is -3.18. The second-order valence-corrected chi connectivity index (χ2v) is 6.89. The van der Waals surface area contributed by atoms with Gasteiger partial charge in [0.25, 0.3) is 5.56 Å². The zero-order valence-electron chi connectivity index (χ0n) is 14.5. The molecule has 26 heavy (non-hydrogen) atoms. The van der Waals surface area contributed by atoms with Crippen LogP contribution in [0, 0.1) is 21.4 Å². The van der Waals surface area contributed by atoms with E-state index in [4.69, 9.17) is 4.74 Å². The van der Waals surface area contributed by atoms with Crippen LogP contribution in [0.15, 0.2) is 41.3 Å². The average molecular weight is 355 g/mol. The lowest BCUT2D eigenvalue weighted by Gasteiger charge is -2.49. The third-order valence-corrected chi connectivity index (χ3v) is 4.96. The molecule has 1 aromatic heterocycles. The molecule has 0 amide bonds. The van der Waals surface area contributed by atoms with Gasteiger partial charge in [-0.15, -0.1) is 0 Å². The lowest BCUT2D eigenvalue weighted by Crippen LogP contribution is -2.60. The van der Waals surface area contributed by atoms with Gasteiger partial charge in [0.1, 0.15) is 11.2 Å². The van der Waals surface area contributed by atoms with Crippen molar-refractivity contribution in [2.45, 2.75) is 38.0 Å². The summed E-state index contributed by atoms with van der Waals surface area (Å²) in [5.74, 6) is -0.0497. The van der Waals surface area contributed by atoms with Gasteiger partial charge in [-0.3, -0.25) is 14.9 Å². The number of nitrogens with zero attached hydrogens (tertiary/aromatic N) is 3. The Morgan fingerprint density at radius 2 is 2.04 bits per heavy atom. The van der Waals surface area contributed by atoms with Gasteiger partial charge < -0.3 is 14.4 Å². The molecule has 0 aliphatic carbocycles. The standard InChI is InChI=1S/C18H17N3O5/c1-17(2)18(3,23)16(20-7-5-4-6-14(20)22)12-8-11(10-19)9-13(21(24)25)15(12)26-17/h4-9,16,23H,1-3H3. The number of nitro groups is 1. The molecule has 2 atom stereocenters. The van der Waals surface area contributed by atoms with Gasteiger partial charge in [-0.25, -0.2) is 0 Å². The molecule has 1 aromatic carbocycles. The quantitative estimate of drug-likeness (QED) is 0.651. The van der Waals surface area contributed by atoms with E-state index in [0.29, 0.717) is 0 Å². The van der Waals surface area contributed by atoms with Crippen molar-refractivity contribution >= 4 is 5.69 Å². The first kappa shape index (κ1) is 17.6. The second kappa shape index (κ2) is 5.68. The van der Waals surface area contributed by atoms with Crippen LogP contribution in [0.5, 0.6) is 5.75 Å². The number of ether oxygens (including phenoxy) is 1. The fourth-order valence-corrected chi connectivity index (χ4v) is 3.21. The smallest absolute Gasteiger partial charge is 0.312 e. The van der Waals surface area contributed by atoms with E-state index in [0.717, 1.165) is 6.07 Å². The van der Waals surface area contributed by atoms with Crippen LogP contribution < -0.4 is 10.3 Å². The fourth-order valence-electron chi connectivity index (χ4n) is 3.21. The van der Waals surface area contributed by atoms with Gasteiger partial charge in [0.15, 0.2) is 0 Å². The van der Waals surface area contributed by atoms with Crippen LogP contribution in [0.4, 0.5) is 5.69 Å². The van der Waals surface area contributed by atoms with Crippen molar-refractivity contribution in [3.05, 3.63) is 68.1 Å². The zero-order valence-corrected chi connectivity index (χ0v) is 14.5. The first-order valence-corrected chi connectivity index (χ1v) is 7.91. The fraction of sp³-hybridized carbons (Fsp3) is 0.333. The predicted octanol–water partition coefficient (Wildman–Crippen LogP) is 2.14. The molecular weight excluding hydrogens is 338 g/mol. The summed E-state index contributed by atoms with van der Waals surface area (Å²) < 4.78 is 7.10. The lowest BCUT2D eigenvalue weighted by molar-refractivity contribution is -0.386. The van der Waals surface area contributed by atoms with E-state index in [1.165, 1.54) is 29.8 Å². The molecule has 8 nitrogen and oxygen atoms in total. The number of fused-ring (bicyclic) bond motifs is 1. The first-order chi connectivity index (χ1) is 12.1. The minimum Gasteiger partial charge on any atom is -0.477 e. The zero-order chi connectivity index (χ0) is 19.3. The number of hydrogen-bond acceptors (Lipinski definition) is 6. The van der Waals surface area contributed by atoms with Crippen LogP contribution in [0.2, 0.25) is 0 Å². The highest BCUT2D eigenvalue weighted by Gasteiger charge is 2.55. The van der Waals surface area contributed by atoms with Crippen molar-refractivity contribution < 1.29 is 14.8 Å². The Kier molecular flexibility index (Phi) is 3.85. The molecule has 0 saturated heterocycles. The number of pyridine rings is 1. The van der Waals surface area contributed by atoms with Crippen molar-refractivity contribution in [1.29, 1.82) is 5.26 Å². The number of hydrogen-bond donors (Lipinski definition) is 1. The van der Waals surface area contributed by atoms with Crippen molar-refractivity contribution in [1.82, 2.24) is 4.57 Å². The van der Waals surface area contributed by atoms with Crippen molar-refractivity contribution in [2.75, 3.05) is 0 Å². The molecule has 0 bridgehead atoms. The summed E-state index contributed by atoms with van der Waals surface area (Å²) in [4.78, 5) is 23.3. The van der Waals surface area contributed by atoms with Gasteiger partial charge >= 0.3 is 5.69 Å². The maximum absolute atomic E-state index is 12.4. The van der Waals surface area contributed by atoms with Crippen LogP contribution in [0.1, 0.15) is 37.9 Å². The predicted molar refractivity (Wildman–Crippen MR) is 92.0 cm³/mol. The summed E-state index contributed by atoms with van der Waals surface area (Å²) in [5, 5.41) is 32.0. The number of benzene rings is 1. The molecule has 2 heterocycles. The molecule has 2 aromatic rings. The summed E-state index contributed by atoms with van der Waals surface area (Å²) in [6.45, 7) is 4.70. The molecular formula is C18H17N3O5. The molecule has 0 saturated carbocycles. The second-order valence-electron chi connectivity index (χ2n) is 6.89. The van der Waals surface area contributed by atoms with E-state index in [1.54, 1.807) is 26.0 Å². The van der Waals surface area contributed by atoms with E-state index in [2.05, 4.69) is 0 Å². The average Bonchev–Trinajstić information content (AvgIpc) is 2.56. The van der Waals surface area contributed by atoms with Gasteiger partial charge in [-0.05, 0) is 32.9 Å². The summed E-state index contributed by atoms with van der Waals surface area (Å²) in [7, 11) is 0. The molecule has 134 valence electrons. The van der Waals surface area contributed by atoms with E-state index in [-0.39, 0.29) is 28.1 Å². The Bertz CT molecular complexity index is 1000. The van der Waals surface area contributed by atoms with E-state index in [1.807, 2.05) is 6.07 Å². The summed E-state index contributed by atoms with van der Waals surface area (Å²) in [6, 6.07) is 7.97. The Morgan fingerprint density at radius 1 is 1.35 bits per heavy atom. The molecule has 0 spiro atoms. The lowest BCUT2D eigenvalue weighted by atomic mass is 9.75. The summed E-state index contributed by atoms with van der Waals surface area (Å²) >= 11 is 0. The highest BCUT2D eigenvalue weighted by atomic mass is 16.6. The van der Waals surface area contributed by atoms with Gasteiger partial charge in [-0.1, -0.05) is 6.07 Å². The minimum absolute atomic E-state index is 0.0449. The Balaban J connectivity index is 2.43.